The second kappa shape index (κ2) is 4.43. The average Bonchev–Trinajstić information content (AvgIpc) is 2.51. The maximum absolute atomic E-state index is 5.62. The van der Waals surface area contributed by atoms with Gasteiger partial charge in [0.15, 0.2) is 0 Å². The smallest absolute Gasteiger partial charge is 0.0640 e. The Labute approximate surface area is 81.0 Å². The van der Waals surface area contributed by atoms with Crippen LogP contribution in [0, 0.1) is 11.8 Å². The van der Waals surface area contributed by atoms with Crippen LogP contribution in [0.2, 0.25) is 0 Å². The van der Waals surface area contributed by atoms with Crippen molar-refractivity contribution in [1.82, 2.24) is 5.32 Å². The molecule has 0 amide bonds. The van der Waals surface area contributed by atoms with E-state index in [2.05, 4.69) is 12.4 Å². The molecular formula is C11H21NO. The minimum Gasteiger partial charge on any atom is -0.378 e. The lowest BCUT2D eigenvalue weighted by atomic mass is 9.83. The van der Waals surface area contributed by atoms with Crippen LogP contribution in [-0.4, -0.2) is 26.3 Å². The van der Waals surface area contributed by atoms with Gasteiger partial charge in [-0.3, -0.25) is 0 Å². The zero-order chi connectivity index (χ0) is 9.10. The molecule has 0 bridgehead atoms. The zero-order valence-corrected chi connectivity index (χ0v) is 8.59. The molecule has 1 aliphatic heterocycles. The van der Waals surface area contributed by atoms with Gasteiger partial charge in [-0.15, -0.1) is 0 Å². The summed E-state index contributed by atoms with van der Waals surface area (Å²) in [6.45, 7) is 2.15. The van der Waals surface area contributed by atoms with Crippen LogP contribution in [0.4, 0.5) is 0 Å². The van der Waals surface area contributed by atoms with Gasteiger partial charge in [-0.2, -0.15) is 0 Å². The Morgan fingerprint density at radius 1 is 1.31 bits per heavy atom. The van der Waals surface area contributed by atoms with Crippen LogP contribution in [0.3, 0.4) is 0 Å². The van der Waals surface area contributed by atoms with Gasteiger partial charge in [0.05, 0.1) is 6.10 Å². The van der Waals surface area contributed by atoms with Gasteiger partial charge in [0.1, 0.15) is 0 Å². The Bertz CT molecular complexity index is 150. The van der Waals surface area contributed by atoms with E-state index in [1.807, 2.05) is 0 Å². The molecule has 2 aliphatic rings. The maximum Gasteiger partial charge on any atom is 0.0640 e. The standard InChI is InChI=1S/C11H21NO/c1-12-8-10(11-6-7-13-11)9-4-2-3-5-9/h9-12H,2-8H2,1H3. The van der Waals surface area contributed by atoms with Crippen LogP contribution in [0.15, 0.2) is 0 Å². The van der Waals surface area contributed by atoms with Crippen LogP contribution < -0.4 is 5.32 Å². The van der Waals surface area contributed by atoms with Crippen molar-refractivity contribution in [3.8, 4) is 0 Å². The third kappa shape index (κ3) is 2.05. The summed E-state index contributed by atoms with van der Waals surface area (Å²) in [4.78, 5) is 0. The van der Waals surface area contributed by atoms with E-state index in [9.17, 15) is 0 Å². The number of rotatable bonds is 4. The largest absolute Gasteiger partial charge is 0.378 e. The molecule has 2 nitrogen and oxygen atoms in total. The molecule has 76 valence electrons. The molecule has 1 saturated heterocycles. The molecule has 2 heteroatoms. The van der Waals surface area contributed by atoms with Crippen LogP contribution in [0.1, 0.15) is 32.1 Å². The van der Waals surface area contributed by atoms with Crippen molar-refractivity contribution < 1.29 is 4.74 Å². The molecule has 0 aromatic rings. The molecule has 2 fully saturated rings. The van der Waals surface area contributed by atoms with Crippen molar-refractivity contribution in [3.63, 3.8) is 0 Å². The first-order chi connectivity index (χ1) is 6.42. The van der Waals surface area contributed by atoms with Gasteiger partial charge in [0, 0.05) is 19.1 Å². The minimum absolute atomic E-state index is 0.579. The maximum atomic E-state index is 5.62. The van der Waals surface area contributed by atoms with Crippen molar-refractivity contribution in [2.45, 2.75) is 38.2 Å². The summed E-state index contributed by atoms with van der Waals surface area (Å²) >= 11 is 0. The second-order valence-electron chi connectivity index (χ2n) is 4.46. The Hall–Kier alpha value is -0.0800. The highest BCUT2D eigenvalue weighted by Gasteiger charge is 2.34. The number of nitrogens with one attached hydrogen (secondary N) is 1. The molecule has 1 saturated carbocycles. The molecule has 0 spiro atoms. The Morgan fingerprint density at radius 2 is 2.00 bits per heavy atom. The van der Waals surface area contributed by atoms with Crippen molar-refractivity contribution in [1.29, 1.82) is 0 Å². The van der Waals surface area contributed by atoms with Gasteiger partial charge in [0.2, 0.25) is 0 Å². The van der Waals surface area contributed by atoms with Gasteiger partial charge in [-0.1, -0.05) is 25.7 Å². The van der Waals surface area contributed by atoms with E-state index in [4.69, 9.17) is 4.74 Å². The first kappa shape index (κ1) is 9.47. The van der Waals surface area contributed by atoms with Crippen molar-refractivity contribution in [2.75, 3.05) is 20.2 Å². The molecule has 2 atom stereocenters. The summed E-state index contributed by atoms with van der Waals surface area (Å²) < 4.78 is 5.62. The lowest BCUT2D eigenvalue weighted by Crippen LogP contribution is -2.42. The van der Waals surface area contributed by atoms with E-state index >= 15 is 0 Å². The van der Waals surface area contributed by atoms with Gasteiger partial charge >= 0.3 is 0 Å². The van der Waals surface area contributed by atoms with E-state index < -0.39 is 0 Å². The fraction of sp³-hybridized carbons (Fsp3) is 1.00. The Morgan fingerprint density at radius 3 is 2.46 bits per heavy atom. The van der Waals surface area contributed by atoms with Crippen LogP contribution in [-0.2, 0) is 4.74 Å². The predicted molar refractivity (Wildman–Crippen MR) is 53.7 cm³/mol. The lowest BCUT2D eigenvalue weighted by Gasteiger charge is -2.37. The molecular weight excluding hydrogens is 162 g/mol. The monoisotopic (exact) mass is 183 g/mol. The first-order valence-corrected chi connectivity index (χ1v) is 5.68. The minimum atomic E-state index is 0.579. The van der Waals surface area contributed by atoms with Gasteiger partial charge in [-0.25, -0.2) is 0 Å². The first-order valence-electron chi connectivity index (χ1n) is 5.68. The zero-order valence-electron chi connectivity index (χ0n) is 8.59. The lowest BCUT2D eigenvalue weighted by molar-refractivity contribution is -0.0966. The third-order valence-electron chi connectivity index (χ3n) is 3.66. The molecule has 2 unspecified atom stereocenters. The van der Waals surface area contributed by atoms with Gasteiger partial charge in [-0.05, 0) is 19.4 Å². The van der Waals surface area contributed by atoms with Crippen molar-refractivity contribution in [3.05, 3.63) is 0 Å². The highest BCUT2D eigenvalue weighted by molar-refractivity contribution is 4.85. The molecule has 0 aromatic heterocycles. The second-order valence-corrected chi connectivity index (χ2v) is 4.46. The van der Waals surface area contributed by atoms with Crippen LogP contribution in [0.25, 0.3) is 0 Å². The normalized spacial score (nSPS) is 31.6. The molecule has 1 heterocycles. The fourth-order valence-corrected chi connectivity index (χ4v) is 2.81. The summed E-state index contributed by atoms with van der Waals surface area (Å²) in [5.41, 5.74) is 0. The summed E-state index contributed by atoms with van der Waals surface area (Å²) in [5.74, 6) is 1.74. The topological polar surface area (TPSA) is 21.3 Å². The number of ether oxygens (including phenoxy) is 1. The molecule has 0 radical (unpaired) electrons. The Kier molecular flexibility index (Phi) is 3.23. The highest BCUT2D eigenvalue weighted by Crippen LogP contribution is 2.36. The third-order valence-corrected chi connectivity index (χ3v) is 3.66. The quantitative estimate of drug-likeness (QED) is 0.717. The van der Waals surface area contributed by atoms with Crippen molar-refractivity contribution in [2.24, 2.45) is 11.8 Å². The van der Waals surface area contributed by atoms with Crippen LogP contribution >= 0.6 is 0 Å². The van der Waals surface area contributed by atoms with Crippen molar-refractivity contribution >= 4 is 0 Å². The molecule has 13 heavy (non-hydrogen) atoms. The summed E-state index contributed by atoms with van der Waals surface area (Å²) in [5, 5.41) is 3.31. The van der Waals surface area contributed by atoms with E-state index in [1.54, 1.807) is 0 Å². The van der Waals surface area contributed by atoms with Crippen LogP contribution in [0.5, 0.6) is 0 Å². The van der Waals surface area contributed by atoms with Gasteiger partial charge in [0.25, 0.3) is 0 Å². The van der Waals surface area contributed by atoms with E-state index in [0.29, 0.717) is 6.10 Å². The van der Waals surface area contributed by atoms with E-state index in [1.165, 1.54) is 32.1 Å². The van der Waals surface area contributed by atoms with E-state index in [0.717, 1.165) is 25.0 Å². The molecule has 0 aromatic carbocycles. The molecule has 1 aliphatic carbocycles. The summed E-state index contributed by atoms with van der Waals surface area (Å²) in [6, 6.07) is 0. The Balaban J connectivity index is 1.86. The number of hydrogen-bond donors (Lipinski definition) is 1. The SMILES string of the molecule is CNCC(C1CCCC1)C1CCO1. The summed E-state index contributed by atoms with van der Waals surface area (Å²) in [7, 11) is 2.06. The van der Waals surface area contributed by atoms with Gasteiger partial charge < -0.3 is 10.1 Å². The number of hydrogen-bond acceptors (Lipinski definition) is 2. The average molecular weight is 183 g/mol. The molecule has 1 N–H and O–H groups in total. The summed E-state index contributed by atoms with van der Waals surface area (Å²) in [6.07, 6.45) is 7.63. The fourth-order valence-electron chi connectivity index (χ4n) is 2.81. The van der Waals surface area contributed by atoms with E-state index in [-0.39, 0.29) is 0 Å². The predicted octanol–water partition coefficient (Wildman–Crippen LogP) is 1.80. The molecule has 2 rings (SSSR count). The highest BCUT2D eigenvalue weighted by atomic mass is 16.5.